The van der Waals surface area contributed by atoms with Crippen LogP contribution in [-0.2, 0) is 9.53 Å². The Morgan fingerprint density at radius 1 is 0.786 bits per heavy atom. The summed E-state index contributed by atoms with van der Waals surface area (Å²) < 4.78 is 5.36. The van der Waals surface area contributed by atoms with Gasteiger partial charge in [-0.15, -0.1) is 0 Å². The van der Waals surface area contributed by atoms with E-state index < -0.39 is 18.0 Å². The Labute approximate surface area is 162 Å². The summed E-state index contributed by atoms with van der Waals surface area (Å²) in [6, 6.07) is 21.9. The van der Waals surface area contributed by atoms with E-state index >= 15 is 0 Å². The van der Waals surface area contributed by atoms with Gasteiger partial charge in [-0.2, -0.15) is 0 Å². The van der Waals surface area contributed by atoms with E-state index in [0.717, 1.165) is 5.56 Å². The molecular weight excluding hydrogens is 354 g/mol. The van der Waals surface area contributed by atoms with E-state index in [2.05, 4.69) is 0 Å². The Morgan fingerprint density at radius 3 is 1.96 bits per heavy atom. The zero-order chi connectivity index (χ0) is 20.1. The molecule has 0 radical (unpaired) electrons. The largest absolute Gasteiger partial charge is 0.444 e. The average molecular weight is 373 g/mol. The Bertz CT molecular complexity index is 1010. The molecule has 140 valence electrons. The SMILES string of the molecule is Cc1ccc(C(=O)c2ccccc2C(=O)O[C@@H](C(N)=O)c2ccccc2)cc1. The van der Waals surface area contributed by atoms with Crippen molar-refractivity contribution in [3.63, 3.8) is 0 Å². The number of nitrogens with two attached hydrogens (primary N) is 1. The number of benzene rings is 3. The summed E-state index contributed by atoms with van der Waals surface area (Å²) in [6.45, 7) is 1.92. The van der Waals surface area contributed by atoms with Gasteiger partial charge in [0.25, 0.3) is 5.91 Å². The number of rotatable bonds is 6. The van der Waals surface area contributed by atoms with Crippen LogP contribution in [0.1, 0.15) is 43.5 Å². The Hall–Kier alpha value is -3.73. The van der Waals surface area contributed by atoms with Crippen LogP contribution >= 0.6 is 0 Å². The van der Waals surface area contributed by atoms with E-state index in [1.165, 1.54) is 6.07 Å². The molecule has 0 spiro atoms. The molecule has 0 heterocycles. The molecule has 0 aromatic heterocycles. The average Bonchev–Trinajstić information content (AvgIpc) is 2.72. The molecule has 0 bridgehead atoms. The van der Waals surface area contributed by atoms with E-state index in [4.69, 9.17) is 10.5 Å². The van der Waals surface area contributed by atoms with Crippen LogP contribution in [-0.4, -0.2) is 17.7 Å². The number of hydrogen-bond acceptors (Lipinski definition) is 4. The minimum atomic E-state index is -1.24. The van der Waals surface area contributed by atoms with Crippen LogP contribution in [0.5, 0.6) is 0 Å². The first kappa shape index (κ1) is 19.0. The summed E-state index contributed by atoms with van der Waals surface area (Å²) in [5, 5.41) is 0. The first-order chi connectivity index (χ1) is 13.5. The number of esters is 1. The van der Waals surface area contributed by atoms with Gasteiger partial charge in [0.05, 0.1) is 5.56 Å². The summed E-state index contributed by atoms with van der Waals surface area (Å²) >= 11 is 0. The molecular formula is C23H19NO4. The van der Waals surface area contributed by atoms with Crippen molar-refractivity contribution in [3.8, 4) is 0 Å². The zero-order valence-electron chi connectivity index (χ0n) is 15.3. The van der Waals surface area contributed by atoms with Gasteiger partial charge in [-0.05, 0) is 13.0 Å². The van der Waals surface area contributed by atoms with Gasteiger partial charge in [0, 0.05) is 16.7 Å². The summed E-state index contributed by atoms with van der Waals surface area (Å²) in [4.78, 5) is 37.5. The van der Waals surface area contributed by atoms with Crippen molar-refractivity contribution in [2.75, 3.05) is 0 Å². The van der Waals surface area contributed by atoms with E-state index in [-0.39, 0.29) is 16.9 Å². The third-order valence-electron chi connectivity index (χ3n) is 4.29. The van der Waals surface area contributed by atoms with Gasteiger partial charge < -0.3 is 10.5 Å². The molecule has 3 aromatic carbocycles. The molecule has 5 nitrogen and oxygen atoms in total. The van der Waals surface area contributed by atoms with Crippen molar-refractivity contribution in [1.29, 1.82) is 0 Å². The van der Waals surface area contributed by atoms with Crippen LogP contribution in [0.25, 0.3) is 0 Å². The topological polar surface area (TPSA) is 86.5 Å². The monoisotopic (exact) mass is 373 g/mol. The summed E-state index contributed by atoms with van der Waals surface area (Å²) in [5.41, 5.74) is 7.64. The molecule has 1 atom stereocenters. The Morgan fingerprint density at radius 2 is 1.36 bits per heavy atom. The predicted octanol–water partition coefficient (Wildman–Crippen LogP) is 3.61. The number of carbonyl (C=O) groups excluding carboxylic acids is 3. The lowest BCUT2D eigenvalue weighted by Gasteiger charge is -2.16. The van der Waals surface area contributed by atoms with Crippen LogP contribution in [0.3, 0.4) is 0 Å². The molecule has 0 aliphatic carbocycles. The minimum absolute atomic E-state index is 0.0789. The molecule has 0 saturated heterocycles. The summed E-state index contributed by atoms with van der Waals surface area (Å²) in [6.07, 6.45) is -1.24. The third-order valence-corrected chi connectivity index (χ3v) is 4.29. The molecule has 0 aliphatic rings. The van der Waals surface area contributed by atoms with Gasteiger partial charge in [0.15, 0.2) is 5.78 Å². The molecule has 2 N–H and O–H groups in total. The van der Waals surface area contributed by atoms with Crippen LogP contribution in [0.15, 0.2) is 78.9 Å². The molecule has 3 rings (SSSR count). The Kier molecular flexibility index (Phi) is 5.65. The Balaban J connectivity index is 1.91. The lowest BCUT2D eigenvalue weighted by molar-refractivity contribution is -0.127. The highest BCUT2D eigenvalue weighted by Crippen LogP contribution is 2.22. The van der Waals surface area contributed by atoms with Crippen LogP contribution < -0.4 is 5.73 Å². The lowest BCUT2D eigenvalue weighted by Crippen LogP contribution is -2.26. The first-order valence-corrected chi connectivity index (χ1v) is 8.73. The standard InChI is InChI=1S/C23H19NO4/c1-15-11-13-16(14-12-15)20(25)18-9-5-6-10-19(18)23(27)28-21(22(24)26)17-7-3-2-4-8-17/h2-14,21H,1H3,(H2,24,26)/t21-/m1/s1. The molecule has 0 aliphatic heterocycles. The molecule has 0 unspecified atom stereocenters. The lowest BCUT2D eigenvalue weighted by atomic mass is 9.97. The number of amides is 1. The third kappa shape index (κ3) is 4.15. The number of carbonyl (C=O) groups is 3. The molecule has 0 saturated carbocycles. The molecule has 3 aromatic rings. The van der Waals surface area contributed by atoms with Crippen molar-refractivity contribution in [2.45, 2.75) is 13.0 Å². The highest BCUT2D eigenvalue weighted by molar-refractivity contribution is 6.14. The smallest absolute Gasteiger partial charge is 0.340 e. The van der Waals surface area contributed by atoms with E-state index in [1.54, 1.807) is 60.7 Å². The maximum Gasteiger partial charge on any atom is 0.340 e. The predicted molar refractivity (Wildman–Crippen MR) is 105 cm³/mol. The number of primary amides is 1. The number of ketones is 1. The second-order valence-electron chi connectivity index (χ2n) is 6.34. The van der Waals surface area contributed by atoms with Crippen molar-refractivity contribution in [3.05, 3.63) is 107 Å². The fraction of sp³-hybridized carbons (Fsp3) is 0.0870. The van der Waals surface area contributed by atoms with Crippen LogP contribution in [0.4, 0.5) is 0 Å². The van der Waals surface area contributed by atoms with E-state index in [0.29, 0.717) is 11.1 Å². The van der Waals surface area contributed by atoms with Gasteiger partial charge in [-0.1, -0.05) is 78.4 Å². The fourth-order valence-corrected chi connectivity index (χ4v) is 2.81. The molecule has 28 heavy (non-hydrogen) atoms. The second kappa shape index (κ2) is 8.31. The van der Waals surface area contributed by atoms with Gasteiger partial charge in [-0.3, -0.25) is 9.59 Å². The van der Waals surface area contributed by atoms with E-state index in [9.17, 15) is 14.4 Å². The van der Waals surface area contributed by atoms with Gasteiger partial charge >= 0.3 is 5.97 Å². The highest BCUT2D eigenvalue weighted by Gasteiger charge is 2.26. The zero-order valence-corrected chi connectivity index (χ0v) is 15.3. The molecule has 0 fully saturated rings. The maximum atomic E-state index is 12.9. The van der Waals surface area contributed by atoms with Crippen molar-refractivity contribution in [1.82, 2.24) is 0 Å². The number of aryl methyl sites for hydroxylation is 1. The normalized spacial score (nSPS) is 11.5. The van der Waals surface area contributed by atoms with E-state index in [1.807, 2.05) is 19.1 Å². The first-order valence-electron chi connectivity index (χ1n) is 8.73. The second-order valence-corrected chi connectivity index (χ2v) is 6.34. The van der Waals surface area contributed by atoms with Crippen molar-refractivity contribution >= 4 is 17.7 Å². The number of ether oxygens (including phenoxy) is 1. The quantitative estimate of drug-likeness (QED) is 0.528. The highest BCUT2D eigenvalue weighted by atomic mass is 16.5. The van der Waals surface area contributed by atoms with Gasteiger partial charge in [-0.25, -0.2) is 4.79 Å². The van der Waals surface area contributed by atoms with Crippen LogP contribution in [0.2, 0.25) is 0 Å². The number of hydrogen-bond donors (Lipinski definition) is 1. The van der Waals surface area contributed by atoms with Gasteiger partial charge in [0.1, 0.15) is 0 Å². The molecule has 5 heteroatoms. The van der Waals surface area contributed by atoms with Crippen molar-refractivity contribution < 1.29 is 19.1 Å². The van der Waals surface area contributed by atoms with Crippen LogP contribution in [0, 0.1) is 6.92 Å². The summed E-state index contributed by atoms with van der Waals surface area (Å²) in [7, 11) is 0. The fourth-order valence-electron chi connectivity index (χ4n) is 2.81. The minimum Gasteiger partial charge on any atom is -0.444 e. The molecule has 1 amide bonds. The van der Waals surface area contributed by atoms with Crippen molar-refractivity contribution in [2.24, 2.45) is 5.73 Å². The maximum absolute atomic E-state index is 12.9. The summed E-state index contributed by atoms with van der Waals surface area (Å²) in [5.74, 6) is -1.88. The van der Waals surface area contributed by atoms with Gasteiger partial charge in [0.2, 0.25) is 6.10 Å².